The van der Waals surface area contributed by atoms with Gasteiger partial charge in [0.05, 0.1) is 0 Å². The number of halogens is 1. The minimum Gasteiger partial charge on any atom is -0.0841 e. The second kappa shape index (κ2) is 6.02. The molecule has 0 fully saturated rings. The molecule has 0 saturated carbocycles. The zero-order chi connectivity index (χ0) is 10.4. The van der Waals surface area contributed by atoms with E-state index in [2.05, 4.69) is 53.7 Å². The summed E-state index contributed by atoms with van der Waals surface area (Å²) in [5.41, 5.74) is 2.60. The average Bonchev–Trinajstić information content (AvgIpc) is 2.19. The van der Waals surface area contributed by atoms with Crippen molar-refractivity contribution in [3.05, 3.63) is 42.0 Å². The van der Waals surface area contributed by atoms with Gasteiger partial charge >= 0.3 is 0 Å². The number of benzene rings is 1. The van der Waals surface area contributed by atoms with Crippen molar-refractivity contribution >= 4 is 20.4 Å². The van der Waals surface area contributed by atoms with Gasteiger partial charge in [-0.15, -0.1) is 0 Å². The summed E-state index contributed by atoms with van der Waals surface area (Å²) in [6.45, 7) is 6.08. The van der Waals surface area contributed by atoms with E-state index in [1.165, 1.54) is 36.8 Å². The Morgan fingerprint density at radius 2 is 1.86 bits per heavy atom. The van der Waals surface area contributed by atoms with Crippen molar-refractivity contribution in [3.63, 3.8) is 0 Å². The highest BCUT2D eigenvalue weighted by atomic mass is 79.9. The molecule has 0 N–H and O–H groups in total. The summed E-state index contributed by atoms with van der Waals surface area (Å²) in [6.07, 6.45) is 5.11. The minimum absolute atomic E-state index is 0.956. The molecule has 1 aromatic rings. The average molecular weight is 253 g/mol. The Morgan fingerprint density at radius 3 is 2.36 bits per heavy atom. The smallest absolute Gasteiger partial charge is 0.0175 e. The van der Waals surface area contributed by atoms with Crippen LogP contribution in [-0.2, 0) is 6.42 Å². The van der Waals surface area contributed by atoms with Gasteiger partial charge in [0, 0.05) is 4.48 Å². The van der Waals surface area contributed by atoms with E-state index in [0.29, 0.717) is 0 Å². The molecular formula is C13H17Br. The lowest BCUT2D eigenvalue weighted by Crippen LogP contribution is -1.85. The Bertz CT molecular complexity index is 285. The van der Waals surface area contributed by atoms with Crippen molar-refractivity contribution in [2.75, 3.05) is 0 Å². The Labute approximate surface area is 95.2 Å². The SMILES string of the molecule is C=C(Br)c1ccc(CCCCC)cc1. The maximum atomic E-state index is 3.85. The highest BCUT2D eigenvalue weighted by Gasteiger charge is 1.95. The predicted octanol–water partition coefficient (Wildman–Crippen LogP) is 4.78. The van der Waals surface area contributed by atoms with Gasteiger partial charge in [-0.1, -0.05) is 66.5 Å². The Balaban J connectivity index is 2.51. The molecular weight excluding hydrogens is 236 g/mol. The van der Waals surface area contributed by atoms with E-state index in [1.54, 1.807) is 0 Å². The van der Waals surface area contributed by atoms with Gasteiger partial charge in [0.25, 0.3) is 0 Å². The lowest BCUT2D eigenvalue weighted by molar-refractivity contribution is 0.717. The van der Waals surface area contributed by atoms with Crippen LogP contribution in [0.4, 0.5) is 0 Å². The first-order valence-corrected chi connectivity index (χ1v) is 5.97. The van der Waals surface area contributed by atoms with Crippen LogP contribution in [-0.4, -0.2) is 0 Å². The molecule has 1 heteroatoms. The standard InChI is InChI=1S/C13H17Br/c1-3-4-5-6-12-7-9-13(10-8-12)11(2)14/h7-10H,2-6H2,1H3. The van der Waals surface area contributed by atoms with Gasteiger partial charge in [-0.2, -0.15) is 0 Å². The van der Waals surface area contributed by atoms with Crippen molar-refractivity contribution < 1.29 is 0 Å². The fraction of sp³-hybridized carbons (Fsp3) is 0.385. The van der Waals surface area contributed by atoms with Crippen LogP contribution < -0.4 is 0 Å². The number of unbranched alkanes of at least 4 members (excludes halogenated alkanes) is 2. The summed E-state index contributed by atoms with van der Waals surface area (Å²) in [4.78, 5) is 0. The molecule has 0 spiro atoms. The van der Waals surface area contributed by atoms with Gasteiger partial charge in [0.15, 0.2) is 0 Å². The fourth-order valence-electron chi connectivity index (χ4n) is 1.43. The van der Waals surface area contributed by atoms with Crippen molar-refractivity contribution in [1.29, 1.82) is 0 Å². The summed E-state index contributed by atoms with van der Waals surface area (Å²) < 4.78 is 0.956. The van der Waals surface area contributed by atoms with E-state index in [1.807, 2.05) is 0 Å². The van der Waals surface area contributed by atoms with Gasteiger partial charge in [-0.3, -0.25) is 0 Å². The molecule has 0 aliphatic heterocycles. The lowest BCUT2D eigenvalue weighted by atomic mass is 10.1. The molecule has 1 rings (SSSR count). The Morgan fingerprint density at radius 1 is 1.21 bits per heavy atom. The molecule has 0 nitrogen and oxygen atoms in total. The van der Waals surface area contributed by atoms with Crippen LogP contribution in [0.3, 0.4) is 0 Å². The maximum absolute atomic E-state index is 3.85. The van der Waals surface area contributed by atoms with Crippen LogP contribution in [0.15, 0.2) is 30.8 Å². The second-order valence-electron chi connectivity index (χ2n) is 3.56. The molecule has 0 amide bonds. The lowest BCUT2D eigenvalue weighted by Gasteiger charge is -2.02. The summed E-state index contributed by atoms with van der Waals surface area (Å²) in [5, 5.41) is 0. The van der Waals surface area contributed by atoms with E-state index in [9.17, 15) is 0 Å². The predicted molar refractivity (Wildman–Crippen MR) is 67.6 cm³/mol. The third-order valence-corrected chi connectivity index (χ3v) is 2.79. The third kappa shape index (κ3) is 3.67. The second-order valence-corrected chi connectivity index (χ2v) is 4.52. The van der Waals surface area contributed by atoms with Crippen molar-refractivity contribution in [2.45, 2.75) is 32.6 Å². The van der Waals surface area contributed by atoms with Crippen LogP contribution in [0.25, 0.3) is 4.48 Å². The summed E-state index contributed by atoms with van der Waals surface area (Å²) >= 11 is 3.38. The van der Waals surface area contributed by atoms with Gasteiger partial charge in [-0.05, 0) is 24.0 Å². The van der Waals surface area contributed by atoms with Crippen molar-refractivity contribution in [1.82, 2.24) is 0 Å². The number of hydrogen-bond donors (Lipinski definition) is 0. The minimum atomic E-state index is 0.956. The molecule has 0 bridgehead atoms. The van der Waals surface area contributed by atoms with Crippen LogP contribution in [0.5, 0.6) is 0 Å². The zero-order valence-electron chi connectivity index (χ0n) is 8.72. The Hall–Kier alpha value is -0.560. The highest BCUT2D eigenvalue weighted by Crippen LogP contribution is 2.19. The number of hydrogen-bond acceptors (Lipinski definition) is 0. The first-order valence-electron chi connectivity index (χ1n) is 5.17. The van der Waals surface area contributed by atoms with Gasteiger partial charge in [0.1, 0.15) is 0 Å². The Kier molecular flexibility index (Phi) is 4.95. The van der Waals surface area contributed by atoms with Crippen LogP contribution in [0, 0.1) is 0 Å². The largest absolute Gasteiger partial charge is 0.0841 e. The molecule has 0 aromatic heterocycles. The molecule has 0 aliphatic rings. The van der Waals surface area contributed by atoms with Gasteiger partial charge in [0.2, 0.25) is 0 Å². The van der Waals surface area contributed by atoms with Crippen LogP contribution in [0.1, 0.15) is 37.3 Å². The van der Waals surface area contributed by atoms with E-state index in [-0.39, 0.29) is 0 Å². The molecule has 0 saturated heterocycles. The molecule has 0 unspecified atom stereocenters. The van der Waals surface area contributed by atoms with Gasteiger partial charge < -0.3 is 0 Å². The molecule has 0 radical (unpaired) electrons. The van der Waals surface area contributed by atoms with E-state index in [4.69, 9.17) is 0 Å². The normalized spacial score (nSPS) is 10.1. The third-order valence-electron chi connectivity index (χ3n) is 2.34. The van der Waals surface area contributed by atoms with Crippen molar-refractivity contribution in [3.8, 4) is 0 Å². The zero-order valence-corrected chi connectivity index (χ0v) is 10.3. The monoisotopic (exact) mass is 252 g/mol. The quantitative estimate of drug-likeness (QED) is 0.662. The maximum Gasteiger partial charge on any atom is 0.0175 e. The topological polar surface area (TPSA) is 0 Å². The molecule has 1 aromatic carbocycles. The van der Waals surface area contributed by atoms with E-state index in [0.717, 1.165) is 4.48 Å². The molecule has 14 heavy (non-hydrogen) atoms. The highest BCUT2D eigenvalue weighted by molar-refractivity contribution is 9.15. The molecule has 76 valence electrons. The number of rotatable bonds is 5. The summed E-state index contributed by atoms with van der Waals surface area (Å²) in [6, 6.07) is 8.63. The first-order chi connectivity index (χ1) is 6.74. The van der Waals surface area contributed by atoms with Crippen molar-refractivity contribution in [2.24, 2.45) is 0 Å². The van der Waals surface area contributed by atoms with E-state index < -0.39 is 0 Å². The van der Waals surface area contributed by atoms with Gasteiger partial charge in [-0.25, -0.2) is 0 Å². The van der Waals surface area contributed by atoms with Crippen LogP contribution >= 0.6 is 15.9 Å². The first kappa shape index (κ1) is 11.5. The fourth-order valence-corrected chi connectivity index (χ4v) is 1.70. The van der Waals surface area contributed by atoms with E-state index >= 15 is 0 Å². The molecule has 0 aliphatic carbocycles. The summed E-state index contributed by atoms with van der Waals surface area (Å²) in [5.74, 6) is 0. The van der Waals surface area contributed by atoms with Crippen LogP contribution in [0.2, 0.25) is 0 Å². The summed E-state index contributed by atoms with van der Waals surface area (Å²) in [7, 11) is 0. The molecule has 0 atom stereocenters. The molecule has 0 heterocycles. The number of aryl methyl sites for hydroxylation is 1.